The number of carbonyl (C=O) groups is 1. The summed E-state index contributed by atoms with van der Waals surface area (Å²) in [5.74, 6) is 2.32. The normalized spacial score (nSPS) is 12.7. The second-order valence-corrected chi connectivity index (χ2v) is 6.53. The smallest absolute Gasteiger partial charge is 0.264 e. The Kier molecular flexibility index (Phi) is 4.49. The van der Waals surface area contributed by atoms with E-state index in [0.717, 1.165) is 10.2 Å². The molecule has 134 valence electrons. The molecule has 1 amide bonds. The first-order valence-electron chi connectivity index (χ1n) is 7.98. The first kappa shape index (κ1) is 16.5. The molecule has 1 N–H and O–H groups in total. The van der Waals surface area contributed by atoms with Crippen molar-refractivity contribution in [3.05, 3.63) is 36.4 Å². The third-order valence-electron chi connectivity index (χ3n) is 3.71. The van der Waals surface area contributed by atoms with Crippen molar-refractivity contribution in [3.8, 4) is 23.0 Å². The van der Waals surface area contributed by atoms with Gasteiger partial charge in [0.15, 0.2) is 23.2 Å². The number of nitrogens with one attached hydrogen (secondary N) is 1. The lowest BCUT2D eigenvalue weighted by Gasteiger charge is -2.17. The van der Waals surface area contributed by atoms with Crippen LogP contribution in [0.25, 0.3) is 10.2 Å². The van der Waals surface area contributed by atoms with E-state index in [0.29, 0.717) is 41.3 Å². The number of amides is 1. The first-order chi connectivity index (χ1) is 12.7. The number of thiazole rings is 1. The molecule has 4 rings (SSSR count). The summed E-state index contributed by atoms with van der Waals surface area (Å²) in [6, 6.07) is 10.8. The lowest BCUT2D eigenvalue weighted by molar-refractivity contribution is -0.118. The van der Waals surface area contributed by atoms with Crippen LogP contribution in [0.2, 0.25) is 0 Å². The summed E-state index contributed by atoms with van der Waals surface area (Å²) in [5, 5.41) is 3.25. The Morgan fingerprint density at radius 1 is 1.19 bits per heavy atom. The molecule has 1 aromatic heterocycles. The van der Waals surface area contributed by atoms with Gasteiger partial charge in [-0.2, -0.15) is 0 Å². The Hall–Kier alpha value is -3.00. The second kappa shape index (κ2) is 7.09. The molecular formula is C18H16N2O5S. The lowest BCUT2D eigenvalue weighted by atomic mass is 10.3. The molecule has 0 fully saturated rings. The van der Waals surface area contributed by atoms with E-state index in [2.05, 4.69) is 10.3 Å². The fourth-order valence-electron chi connectivity index (χ4n) is 2.51. The molecule has 0 atom stereocenters. The molecule has 1 aliphatic heterocycles. The SMILES string of the molecule is COc1cccc(OCC(=O)Nc2nc3cc4c(cc3s2)OCCO4)c1. The zero-order chi connectivity index (χ0) is 17.9. The Bertz CT molecular complexity index is 913. The fraction of sp³-hybridized carbons (Fsp3) is 0.222. The van der Waals surface area contributed by atoms with Crippen LogP contribution < -0.4 is 24.3 Å². The minimum atomic E-state index is -0.288. The average molecular weight is 372 g/mol. The second-order valence-electron chi connectivity index (χ2n) is 5.50. The topological polar surface area (TPSA) is 78.9 Å². The highest BCUT2D eigenvalue weighted by Crippen LogP contribution is 2.37. The predicted octanol–water partition coefficient (Wildman–Crippen LogP) is 3.09. The molecule has 0 saturated carbocycles. The zero-order valence-electron chi connectivity index (χ0n) is 14.0. The number of hydrogen-bond acceptors (Lipinski definition) is 7. The number of anilines is 1. The number of ether oxygens (including phenoxy) is 4. The van der Waals surface area contributed by atoms with Gasteiger partial charge in [-0.05, 0) is 12.1 Å². The van der Waals surface area contributed by atoms with Crippen LogP contribution in [-0.2, 0) is 4.79 Å². The first-order valence-corrected chi connectivity index (χ1v) is 8.80. The molecule has 0 aliphatic carbocycles. The third-order valence-corrected chi connectivity index (χ3v) is 4.64. The zero-order valence-corrected chi connectivity index (χ0v) is 14.8. The van der Waals surface area contributed by atoms with Crippen molar-refractivity contribution in [1.82, 2.24) is 4.98 Å². The lowest BCUT2D eigenvalue weighted by Crippen LogP contribution is -2.20. The van der Waals surface area contributed by atoms with Gasteiger partial charge in [0, 0.05) is 18.2 Å². The van der Waals surface area contributed by atoms with E-state index in [1.54, 1.807) is 31.4 Å². The molecule has 3 aromatic rings. The molecule has 7 nitrogen and oxygen atoms in total. The predicted molar refractivity (Wildman–Crippen MR) is 97.7 cm³/mol. The molecule has 1 aliphatic rings. The van der Waals surface area contributed by atoms with Gasteiger partial charge in [-0.1, -0.05) is 17.4 Å². The molecule has 0 spiro atoms. The largest absolute Gasteiger partial charge is 0.497 e. The minimum absolute atomic E-state index is 0.119. The van der Waals surface area contributed by atoms with E-state index in [1.165, 1.54) is 11.3 Å². The highest BCUT2D eigenvalue weighted by Gasteiger charge is 2.16. The van der Waals surface area contributed by atoms with Gasteiger partial charge in [-0.3, -0.25) is 10.1 Å². The van der Waals surface area contributed by atoms with E-state index in [1.807, 2.05) is 12.1 Å². The maximum atomic E-state index is 12.1. The van der Waals surface area contributed by atoms with Crippen LogP contribution in [0.4, 0.5) is 5.13 Å². The number of benzene rings is 2. The highest BCUT2D eigenvalue weighted by atomic mass is 32.1. The van der Waals surface area contributed by atoms with Crippen molar-refractivity contribution in [2.45, 2.75) is 0 Å². The van der Waals surface area contributed by atoms with Gasteiger partial charge < -0.3 is 18.9 Å². The number of hydrogen-bond donors (Lipinski definition) is 1. The summed E-state index contributed by atoms with van der Waals surface area (Å²) < 4.78 is 22.6. The fourth-order valence-corrected chi connectivity index (χ4v) is 3.41. The molecule has 2 aromatic carbocycles. The minimum Gasteiger partial charge on any atom is -0.497 e. The molecule has 0 radical (unpaired) electrons. The van der Waals surface area contributed by atoms with Gasteiger partial charge >= 0.3 is 0 Å². The van der Waals surface area contributed by atoms with Gasteiger partial charge in [-0.15, -0.1) is 0 Å². The van der Waals surface area contributed by atoms with Gasteiger partial charge in [-0.25, -0.2) is 4.98 Å². The quantitative estimate of drug-likeness (QED) is 0.741. The van der Waals surface area contributed by atoms with Crippen molar-refractivity contribution >= 4 is 32.6 Å². The summed E-state index contributed by atoms with van der Waals surface area (Å²) in [5.41, 5.74) is 0.753. The molecule has 2 heterocycles. The Morgan fingerprint density at radius 3 is 2.77 bits per heavy atom. The summed E-state index contributed by atoms with van der Waals surface area (Å²) in [7, 11) is 1.58. The van der Waals surface area contributed by atoms with Crippen molar-refractivity contribution < 1.29 is 23.7 Å². The number of carbonyl (C=O) groups excluding carboxylic acids is 1. The van der Waals surface area contributed by atoms with E-state index < -0.39 is 0 Å². The third kappa shape index (κ3) is 3.50. The van der Waals surface area contributed by atoms with Crippen LogP contribution >= 0.6 is 11.3 Å². The number of rotatable bonds is 5. The average Bonchev–Trinajstić information content (AvgIpc) is 3.05. The molecular weight excluding hydrogens is 356 g/mol. The van der Waals surface area contributed by atoms with Gasteiger partial charge in [0.2, 0.25) is 0 Å². The summed E-state index contributed by atoms with van der Waals surface area (Å²) in [6.07, 6.45) is 0. The van der Waals surface area contributed by atoms with E-state index in [4.69, 9.17) is 18.9 Å². The molecule has 0 saturated heterocycles. The maximum absolute atomic E-state index is 12.1. The van der Waals surface area contributed by atoms with Gasteiger partial charge in [0.1, 0.15) is 24.7 Å². The summed E-state index contributed by atoms with van der Waals surface area (Å²) in [4.78, 5) is 16.5. The Morgan fingerprint density at radius 2 is 1.96 bits per heavy atom. The van der Waals surface area contributed by atoms with Crippen molar-refractivity contribution in [2.24, 2.45) is 0 Å². The number of methoxy groups -OCH3 is 1. The summed E-state index contributed by atoms with van der Waals surface area (Å²) >= 11 is 1.37. The highest BCUT2D eigenvalue weighted by molar-refractivity contribution is 7.22. The van der Waals surface area contributed by atoms with Crippen LogP contribution in [0, 0.1) is 0 Å². The maximum Gasteiger partial charge on any atom is 0.264 e. The number of fused-ring (bicyclic) bond motifs is 2. The van der Waals surface area contributed by atoms with Crippen molar-refractivity contribution in [1.29, 1.82) is 0 Å². The molecule has 0 unspecified atom stereocenters. The van der Waals surface area contributed by atoms with Gasteiger partial charge in [0.05, 0.1) is 17.3 Å². The molecule has 26 heavy (non-hydrogen) atoms. The van der Waals surface area contributed by atoms with Crippen LogP contribution in [0.15, 0.2) is 36.4 Å². The van der Waals surface area contributed by atoms with Crippen molar-refractivity contribution in [3.63, 3.8) is 0 Å². The Balaban J connectivity index is 1.42. The van der Waals surface area contributed by atoms with Crippen molar-refractivity contribution in [2.75, 3.05) is 32.2 Å². The van der Waals surface area contributed by atoms with E-state index in [-0.39, 0.29) is 12.5 Å². The van der Waals surface area contributed by atoms with E-state index in [9.17, 15) is 4.79 Å². The molecule has 8 heteroatoms. The van der Waals surface area contributed by atoms with Crippen LogP contribution in [0.5, 0.6) is 23.0 Å². The van der Waals surface area contributed by atoms with E-state index >= 15 is 0 Å². The number of aromatic nitrogens is 1. The Labute approximate surface area is 153 Å². The van der Waals surface area contributed by atoms with Crippen LogP contribution in [0.3, 0.4) is 0 Å². The molecule has 0 bridgehead atoms. The monoisotopic (exact) mass is 372 g/mol. The standard InChI is InChI=1S/C18H16N2O5S/c1-22-11-3-2-4-12(7-11)25-10-17(21)20-18-19-13-8-14-15(9-16(13)26-18)24-6-5-23-14/h2-4,7-9H,5-6,10H2,1H3,(H,19,20,21). The van der Waals surface area contributed by atoms with Gasteiger partial charge in [0.25, 0.3) is 5.91 Å². The number of nitrogens with zero attached hydrogens (tertiary/aromatic N) is 1. The van der Waals surface area contributed by atoms with Crippen LogP contribution in [-0.4, -0.2) is 37.8 Å². The summed E-state index contributed by atoms with van der Waals surface area (Å²) in [6.45, 7) is 0.933. The van der Waals surface area contributed by atoms with Crippen LogP contribution in [0.1, 0.15) is 0 Å².